The van der Waals surface area contributed by atoms with E-state index in [1.165, 1.54) is 18.4 Å². The molecule has 0 unspecified atom stereocenters. The van der Waals surface area contributed by atoms with E-state index in [0.717, 1.165) is 60.6 Å². The minimum absolute atomic E-state index is 0.0245. The van der Waals surface area contributed by atoms with Crippen LogP contribution in [0.1, 0.15) is 105 Å². The molecule has 0 bridgehead atoms. The second-order valence-electron chi connectivity index (χ2n) is 16.3. The van der Waals surface area contributed by atoms with Crippen molar-refractivity contribution in [1.29, 1.82) is 0 Å². The minimum Gasteiger partial charge on any atom is -0.469 e. The van der Waals surface area contributed by atoms with Gasteiger partial charge in [-0.2, -0.15) is 0 Å². The molecule has 0 N–H and O–H groups in total. The zero-order valence-electron chi connectivity index (χ0n) is 26.9. The highest BCUT2D eigenvalue weighted by atomic mass is 79.9. The molecule has 0 amide bonds. The summed E-state index contributed by atoms with van der Waals surface area (Å²) >= 11 is 3.56. The summed E-state index contributed by atoms with van der Waals surface area (Å²) in [6.07, 6.45) is 11.7. The van der Waals surface area contributed by atoms with Crippen LogP contribution in [-0.4, -0.2) is 18.9 Å². The molecule has 0 spiro atoms. The lowest BCUT2D eigenvalue weighted by Crippen LogP contribution is -2.67. The number of hydrogen-bond donors (Lipinski definition) is 0. The first-order valence-electron chi connectivity index (χ1n) is 16.4. The summed E-state index contributed by atoms with van der Waals surface area (Å²) in [4.78, 5) is 27.6. The zero-order chi connectivity index (χ0) is 30.5. The van der Waals surface area contributed by atoms with Crippen LogP contribution in [0.5, 0.6) is 0 Å². The third-order valence-corrected chi connectivity index (χ3v) is 15.0. The Labute approximate surface area is 262 Å². The number of carbonyl (C=O) groups excluding carboxylic acids is 2. The molecule has 0 radical (unpaired) electrons. The number of Topliss-reactive ketones (excluding diaryl/α,β-unsaturated/α-hetero) is 1. The summed E-state index contributed by atoms with van der Waals surface area (Å²) in [5.41, 5.74) is 2.98. The van der Waals surface area contributed by atoms with Crippen LogP contribution in [0.3, 0.4) is 0 Å². The van der Waals surface area contributed by atoms with E-state index >= 15 is 0 Å². The van der Waals surface area contributed by atoms with Crippen molar-refractivity contribution in [2.75, 3.05) is 7.11 Å². The Morgan fingerprint density at radius 1 is 0.929 bits per heavy atom. The molecule has 4 heteroatoms. The van der Waals surface area contributed by atoms with Gasteiger partial charge >= 0.3 is 5.97 Å². The molecule has 5 saturated carbocycles. The molecule has 9 atom stereocenters. The fraction of sp³-hybridized carbons (Fsp3) is 0.684. The molecular formula is C38H51BrO3. The van der Waals surface area contributed by atoms with Crippen LogP contribution in [0.25, 0.3) is 6.08 Å². The summed E-state index contributed by atoms with van der Waals surface area (Å²) in [6, 6.07) is 8.35. The van der Waals surface area contributed by atoms with E-state index in [-0.39, 0.29) is 33.0 Å². The quantitative estimate of drug-likeness (QED) is 0.189. The van der Waals surface area contributed by atoms with Crippen molar-refractivity contribution in [3.8, 4) is 0 Å². The fourth-order valence-corrected chi connectivity index (χ4v) is 12.7. The predicted octanol–water partition coefficient (Wildman–Crippen LogP) is 9.84. The molecule has 0 heterocycles. The van der Waals surface area contributed by atoms with Crippen LogP contribution in [0, 0.1) is 56.7 Å². The number of halogens is 1. The molecule has 42 heavy (non-hydrogen) atoms. The van der Waals surface area contributed by atoms with Crippen molar-refractivity contribution in [2.24, 2.45) is 56.7 Å². The SMILES string of the molecule is C=C(C)[C@H]1CC[C@@]2(C(=O)OC)CC[C@]3(C)[C@@H](CC[C@H]4[C@@]5(C)CC(=Cc6ccc(Br)cc6)C(=O)C(C)(C)[C@@H]5CC[C@]43C)[C@@H]12. The van der Waals surface area contributed by atoms with Crippen LogP contribution < -0.4 is 0 Å². The van der Waals surface area contributed by atoms with Gasteiger partial charge in [-0.05, 0) is 140 Å². The highest BCUT2D eigenvalue weighted by Crippen LogP contribution is 2.77. The number of rotatable bonds is 3. The van der Waals surface area contributed by atoms with Crippen molar-refractivity contribution in [2.45, 2.75) is 99.3 Å². The average Bonchev–Trinajstić information content (AvgIpc) is 3.34. The molecule has 228 valence electrons. The van der Waals surface area contributed by atoms with Gasteiger partial charge in [0.2, 0.25) is 0 Å². The molecule has 0 saturated heterocycles. The first-order valence-corrected chi connectivity index (χ1v) is 17.2. The standard InChI is InChI=1S/C38H51BrO3/c1-23(2)27-15-18-38(33(41)42-8)20-19-36(6)28(31(27)38)13-14-30-35(5)22-25(21-24-9-11-26(39)12-10-24)32(40)34(3,4)29(35)16-17-37(30,36)7/h9-12,21,27-31H,1,13-20,22H2,2-8H3/t27-,28+,29+,30+,31-,35+,36-,37-,38-/m1/s1. The Hall–Kier alpha value is -1.68. The molecule has 6 rings (SSSR count). The summed E-state index contributed by atoms with van der Waals surface area (Å²) in [6.45, 7) is 18.8. The van der Waals surface area contributed by atoms with Gasteiger partial charge < -0.3 is 4.74 Å². The number of hydrogen-bond acceptors (Lipinski definition) is 3. The van der Waals surface area contributed by atoms with Crippen LogP contribution in [-0.2, 0) is 14.3 Å². The van der Waals surface area contributed by atoms with E-state index in [4.69, 9.17) is 4.74 Å². The number of allylic oxidation sites excluding steroid dienone is 2. The maximum atomic E-state index is 14.1. The molecule has 5 aliphatic carbocycles. The van der Waals surface area contributed by atoms with Crippen molar-refractivity contribution in [3.63, 3.8) is 0 Å². The highest BCUT2D eigenvalue weighted by Gasteiger charge is 2.72. The van der Waals surface area contributed by atoms with E-state index in [1.54, 1.807) is 7.11 Å². The average molecular weight is 636 g/mol. The second kappa shape index (κ2) is 9.91. The van der Waals surface area contributed by atoms with Crippen LogP contribution in [0.4, 0.5) is 0 Å². The number of methoxy groups -OCH3 is 1. The summed E-state index contributed by atoms with van der Waals surface area (Å²) in [7, 11) is 1.59. The third-order valence-electron chi connectivity index (χ3n) is 14.5. The number of esters is 1. The number of fused-ring (bicyclic) bond motifs is 7. The topological polar surface area (TPSA) is 43.4 Å². The Morgan fingerprint density at radius 3 is 2.26 bits per heavy atom. The molecule has 1 aromatic rings. The zero-order valence-corrected chi connectivity index (χ0v) is 28.5. The predicted molar refractivity (Wildman–Crippen MR) is 173 cm³/mol. The second-order valence-corrected chi connectivity index (χ2v) is 17.2. The molecule has 0 aliphatic heterocycles. The van der Waals surface area contributed by atoms with Crippen LogP contribution in [0.15, 0.2) is 46.5 Å². The first kappa shape index (κ1) is 30.4. The van der Waals surface area contributed by atoms with Gasteiger partial charge in [-0.15, -0.1) is 0 Å². The van der Waals surface area contributed by atoms with Gasteiger partial charge in [0, 0.05) is 9.89 Å². The largest absolute Gasteiger partial charge is 0.469 e. The van der Waals surface area contributed by atoms with E-state index < -0.39 is 0 Å². The summed E-state index contributed by atoms with van der Waals surface area (Å²) in [5.74, 6) is 2.50. The molecule has 0 aromatic heterocycles. The third kappa shape index (κ3) is 3.94. The highest BCUT2D eigenvalue weighted by molar-refractivity contribution is 9.10. The lowest BCUT2D eigenvalue weighted by atomic mass is 9.32. The Bertz CT molecular complexity index is 1340. The number of ether oxygens (including phenoxy) is 1. The van der Waals surface area contributed by atoms with Gasteiger partial charge in [-0.3, -0.25) is 9.59 Å². The van der Waals surface area contributed by atoms with E-state index in [2.05, 4.69) is 94.4 Å². The Balaban J connectivity index is 1.41. The lowest BCUT2D eigenvalue weighted by Gasteiger charge is -2.72. The van der Waals surface area contributed by atoms with Gasteiger partial charge in [-0.25, -0.2) is 0 Å². The van der Waals surface area contributed by atoms with E-state index in [9.17, 15) is 9.59 Å². The van der Waals surface area contributed by atoms with Crippen molar-refractivity contribution in [1.82, 2.24) is 0 Å². The number of carbonyl (C=O) groups is 2. The molecule has 1 aromatic carbocycles. The normalized spacial score (nSPS) is 44.9. The van der Waals surface area contributed by atoms with E-state index in [0.29, 0.717) is 35.4 Å². The Morgan fingerprint density at radius 2 is 1.62 bits per heavy atom. The maximum Gasteiger partial charge on any atom is 0.312 e. The van der Waals surface area contributed by atoms with Gasteiger partial charge in [0.25, 0.3) is 0 Å². The minimum atomic E-state index is -0.379. The lowest BCUT2D eigenvalue weighted by molar-refractivity contribution is -0.232. The van der Waals surface area contributed by atoms with Gasteiger partial charge in [-0.1, -0.05) is 74.8 Å². The van der Waals surface area contributed by atoms with Gasteiger partial charge in [0.05, 0.1) is 12.5 Å². The van der Waals surface area contributed by atoms with Crippen molar-refractivity contribution in [3.05, 3.63) is 52.0 Å². The van der Waals surface area contributed by atoms with Gasteiger partial charge in [0.1, 0.15) is 0 Å². The monoisotopic (exact) mass is 634 g/mol. The van der Waals surface area contributed by atoms with Crippen LogP contribution >= 0.6 is 15.9 Å². The van der Waals surface area contributed by atoms with Crippen LogP contribution in [0.2, 0.25) is 0 Å². The number of benzene rings is 1. The van der Waals surface area contributed by atoms with Gasteiger partial charge in [0.15, 0.2) is 5.78 Å². The smallest absolute Gasteiger partial charge is 0.312 e. The number of ketones is 1. The van der Waals surface area contributed by atoms with Crippen molar-refractivity contribution >= 4 is 33.8 Å². The summed E-state index contributed by atoms with van der Waals surface area (Å²) in [5, 5.41) is 0. The fourth-order valence-electron chi connectivity index (χ4n) is 12.4. The maximum absolute atomic E-state index is 14.1. The molecular weight excluding hydrogens is 584 g/mol. The molecule has 3 nitrogen and oxygen atoms in total. The van der Waals surface area contributed by atoms with E-state index in [1.807, 2.05) is 0 Å². The Kier molecular flexibility index (Phi) is 7.16. The first-order chi connectivity index (χ1) is 19.7. The summed E-state index contributed by atoms with van der Waals surface area (Å²) < 4.78 is 6.60. The molecule has 5 aliphatic rings. The molecule has 5 fully saturated rings. The van der Waals surface area contributed by atoms with Crippen molar-refractivity contribution < 1.29 is 14.3 Å².